The molecule has 0 amide bonds. The normalized spacial score (nSPS) is 15.6. The van der Waals surface area contributed by atoms with Crippen molar-refractivity contribution in [3.8, 4) is 28.4 Å². The molecule has 0 saturated carbocycles. The van der Waals surface area contributed by atoms with Gasteiger partial charge in [0, 0.05) is 23.7 Å². The fraction of sp³-hybridized carbons (Fsp3) is 0.286. The van der Waals surface area contributed by atoms with Crippen LogP contribution in [0.25, 0.3) is 16.9 Å². The zero-order valence-electron chi connectivity index (χ0n) is 14.9. The molecule has 0 atom stereocenters. The van der Waals surface area contributed by atoms with Crippen molar-refractivity contribution < 1.29 is 13.9 Å². The van der Waals surface area contributed by atoms with E-state index in [1.807, 2.05) is 28.9 Å². The first-order valence-electron chi connectivity index (χ1n) is 9.31. The summed E-state index contributed by atoms with van der Waals surface area (Å²) in [4.78, 5) is 0. The van der Waals surface area contributed by atoms with E-state index in [9.17, 15) is 4.39 Å². The van der Waals surface area contributed by atoms with E-state index >= 15 is 0 Å². The van der Waals surface area contributed by atoms with E-state index in [0.29, 0.717) is 13.2 Å². The minimum absolute atomic E-state index is 0.253. The lowest BCUT2D eigenvalue weighted by molar-refractivity contribution is 0.171. The highest BCUT2D eigenvalue weighted by atomic mass is 19.1. The summed E-state index contributed by atoms with van der Waals surface area (Å²) in [5.74, 6) is 2.20. The summed E-state index contributed by atoms with van der Waals surface area (Å²) in [5.41, 5.74) is 3.65. The van der Waals surface area contributed by atoms with Crippen molar-refractivity contribution in [2.24, 2.45) is 0 Å². The molecule has 1 N–H and O–H groups in total. The van der Waals surface area contributed by atoms with Gasteiger partial charge in [0.1, 0.15) is 24.8 Å². The third-order valence-electron chi connectivity index (χ3n) is 5.00. The van der Waals surface area contributed by atoms with Gasteiger partial charge in [0.2, 0.25) is 0 Å². The predicted octanol–water partition coefficient (Wildman–Crippen LogP) is 4.20. The van der Waals surface area contributed by atoms with Crippen LogP contribution in [0.4, 0.5) is 10.2 Å². The number of hydrogen-bond donors (Lipinski definition) is 1. The number of rotatable bonds is 2. The van der Waals surface area contributed by atoms with Crippen LogP contribution in [0.1, 0.15) is 18.4 Å². The molecule has 0 saturated heterocycles. The third-order valence-corrected chi connectivity index (χ3v) is 5.00. The van der Waals surface area contributed by atoms with Crippen molar-refractivity contribution in [2.75, 3.05) is 25.1 Å². The van der Waals surface area contributed by atoms with Crippen LogP contribution in [0, 0.1) is 5.82 Å². The van der Waals surface area contributed by atoms with E-state index in [4.69, 9.17) is 14.6 Å². The zero-order valence-corrected chi connectivity index (χ0v) is 14.9. The van der Waals surface area contributed by atoms with Crippen LogP contribution in [-0.2, 0) is 6.42 Å². The fourth-order valence-corrected chi connectivity index (χ4v) is 3.72. The van der Waals surface area contributed by atoms with E-state index in [1.54, 1.807) is 12.1 Å². The van der Waals surface area contributed by atoms with Crippen molar-refractivity contribution >= 4 is 5.82 Å². The predicted molar refractivity (Wildman–Crippen MR) is 101 cm³/mol. The molecule has 6 heteroatoms. The Kier molecular flexibility index (Phi) is 3.96. The first-order chi connectivity index (χ1) is 13.3. The summed E-state index contributed by atoms with van der Waals surface area (Å²) in [5, 5.41) is 8.37. The van der Waals surface area contributed by atoms with Crippen molar-refractivity contribution in [2.45, 2.75) is 19.3 Å². The summed E-state index contributed by atoms with van der Waals surface area (Å²) < 4.78 is 27.1. The van der Waals surface area contributed by atoms with Crippen molar-refractivity contribution in [3.63, 3.8) is 0 Å². The van der Waals surface area contributed by atoms with Gasteiger partial charge in [-0.25, -0.2) is 9.07 Å². The van der Waals surface area contributed by atoms with Crippen LogP contribution in [0.3, 0.4) is 0 Å². The molecule has 5 nitrogen and oxygen atoms in total. The minimum Gasteiger partial charge on any atom is -0.486 e. The van der Waals surface area contributed by atoms with Crippen LogP contribution < -0.4 is 14.8 Å². The Morgan fingerprint density at radius 2 is 1.89 bits per heavy atom. The Morgan fingerprint density at radius 1 is 1.00 bits per heavy atom. The highest BCUT2D eigenvalue weighted by molar-refractivity contribution is 5.71. The van der Waals surface area contributed by atoms with Gasteiger partial charge in [0.15, 0.2) is 11.5 Å². The number of aromatic nitrogens is 2. The second-order valence-corrected chi connectivity index (χ2v) is 6.81. The number of nitrogens with one attached hydrogen (secondary N) is 1. The minimum atomic E-state index is -0.253. The lowest BCUT2D eigenvalue weighted by atomic mass is 10.0. The molecular formula is C21H20FN3O2. The maximum absolute atomic E-state index is 13.8. The number of hydrogen-bond acceptors (Lipinski definition) is 4. The molecule has 0 spiro atoms. The van der Waals surface area contributed by atoms with Gasteiger partial charge in [0.25, 0.3) is 0 Å². The molecule has 2 aliphatic heterocycles. The van der Waals surface area contributed by atoms with E-state index in [1.165, 1.54) is 6.07 Å². The molecule has 3 heterocycles. The average molecular weight is 365 g/mol. The van der Waals surface area contributed by atoms with Gasteiger partial charge in [-0.1, -0.05) is 12.1 Å². The van der Waals surface area contributed by atoms with Gasteiger partial charge in [-0.05, 0) is 43.5 Å². The second kappa shape index (κ2) is 6.61. The Hall–Kier alpha value is -3.02. The first-order valence-corrected chi connectivity index (χ1v) is 9.31. The molecule has 3 aromatic rings. The van der Waals surface area contributed by atoms with E-state index in [2.05, 4.69) is 5.32 Å². The van der Waals surface area contributed by atoms with Crippen LogP contribution in [0.2, 0.25) is 0 Å². The van der Waals surface area contributed by atoms with Crippen molar-refractivity contribution in [1.29, 1.82) is 0 Å². The Balaban J connectivity index is 1.66. The monoisotopic (exact) mass is 365 g/mol. The first kappa shape index (κ1) is 16.2. The zero-order chi connectivity index (χ0) is 18.2. The number of nitrogens with zero attached hydrogens (tertiary/aromatic N) is 2. The Labute approximate surface area is 156 Å². The molecule has 1 aromatic heterocycles. The van der Waals surface area contributed by atoms with Gasteiger partial charge >= 0.3 is 0 Å². The number of anilines is 1. The SMILES string of the molecule is Fc1cccc(-c2nn(-c3ccc4c(c3)OCCO4)c3c2CCCCN3)c1. The smallest absolute Gasteiger partial charge is 0.163 e. The summed E-state index contributed by atoms with van der Waals surface area (Å²) in [7, 11) is 0. The van der Waals surface area contributed by atoms with Crippen LogP contribution >= 0.6 is 0 Å². The van der Waals surface area contributed by atoms with E-state index in [-0.39, 0.29) is 5.82 Å². The number of halogens is 1. The quantitative estimate of drug-likeness (QED) is 0.740. The average Bonchev–Trinajstić information content (AvgIpc) is 2.89. The van der Waals surface area contributed by atoms with Crippen molar-refractivity contribution in [1.82, 2.24) is 9.78 Å². The molecule has 0 unspecified atom stereocenters. The molecule has 0 bridgehead atoms. The molecule has 2 aliphatic rings. The largest absolute Gasteiger partial charge is 0.486 e. The summed E-state index contributed by atoms with van der Waals surface area (Å²) in [6.45, 7) is 2.00. The maximum atomic E-state index is 13.8. The third kappa shape index (κ3) is 2.91. The Bertz CT molecular complexity index is 999. The van der Waals surface area contributed by atoms with Crippen LogP contribution in [0.5, 0.6) is 11.5 Å². The van der Waals surface area contributed by atoms with Crippen LogP contribution in [-0.4, -0.2) is 29.5 Å². The molecule has 27 heavy (non-hydrogen) atoms. The molecule has 138 valence electrons. The fourth-order valence-electron chi connectivity index (χ4n) is 3.72. The van der Waals surface area contributed by atoms with Crippen molar-refractivity contribution in [3.05, 3.63) is 53.8 Å². The number of fused-ring (bicyclic) bond motifs is 2. The molecule has 5 rings (SSSR count). The maximum Gasteiger partial charge on any atom is 0.163 e. The summed E-state index contributed by atoms with van der Waals surface area (Å²) in [6, 6.07) is 12.5. The second-order valence-electron chi connectivity index (χ2n) is 6.81. The van der Waals surface area contributed by atoms with Gasteiger partial charge in [-0.3, -0.25) is 0 Å². The lowest BCUT2D eigenvalue weighted by Gasteiger charge is -2.19. The molecule has 0 aliphatic carbocycles. The van der Waals surface area contributed by atoms with Gasteiger partial charge in [0.05, 0.1) is 11.4 Å². The number of ether oxygens (including phenoxy) is 2. The summed E-state index contributed by atoms with van der Waals surface area (Å²) >= 11 is 0. The standard InChI is InChI=1S/C21H20FN3O2/c22-15-5-3-4-14(12-15)20-17-6-1-2-9-23-21(17)25(24-20)16-7-8-18-19(13-16)27-11-10-26-18/h3-5,7-8,12-13,23H,1-2,6,9-11H2. The Morgan fingerprint density at radius 3 is 2.78 bits per heavy atom. The molecule has 0 fully saturated rings. The van der Waals surface area contributed by atoms with E-state index < -0.39 is 0 Å². The van der Waals surface area contributed by atoms with E-state index in [0.717, 1.165) is 65.6 Å². The lowest BCUT2D eigenvalue weighted by Crippen LogP contribution is -2.15. The molecule has 2 aromatic carbocycles. The summed E-state index contributed by atoms with van der Waals surface area (Å²) in [6.07, 6.45) is 3.09. The topological polar surface area (TPSA) is 48.3 Å². The molecule has 0 radical (unpaired) electrons. The van der Waals surface area contributed by atoms with Crippen LogP contribution in [0.15, 0.2) is 42.5 Å². The van der Waals surface area contributed by atoms with Gasteiger partial charge in [-0.15, -0.1) is 0 Å². The highest BCUT2D eigenvalue weighted by Gasteiger charge is 2.23. The molecular weight excluding hydrogens is 345 g/mol. The number of benzene rings is 2. The van der Waals surface area contributed by atoms with Gasteiger partial charge in [-0.2, -0.15) is 5.10 Å². The highest BCUT2D eigenvalue weighted by Crippen LogP contribution is 2.37. The van der Waals surface area contributed by atoms with Gasteiger partial charge < -0.3 is 14.8 Å².